The molecule has 0 saturated heterocycles. The smallest absolute Gasteiger partial charge is 0.409 e. The largest absolute Gasteiger partial charge is 0.435 e. The maximum Gasteiger partial charge on any atom is 0.435 e. The van der Waals surface area contributed by atoms with Crippen LogP contribution in [0, 0.1) is 5.41 Å². The number of oxime groups is 1. The molecule has 1 heterocycles. The number of aromatic nitrogens is 2. The lowest BCUT2D eigenvalue weighted by atomic mass is 9.75. The molecule has 27 heavy (non-hydrogen) atoms. The van der Waals surface area contributed by atoms with E-state index in [1.54, 1.807) is 0 Å². The predicted molar refractivity (Wildman–Crippen MR) is 95.2 cm³/mol. The fraction of sp³-hybridized carbons (Fsp3) is 0.353. The van der Waals surface area contributed by atoms with Gasteiger partial charge in [-0.2, -0.15) is 18.3 Å². The van der Waals surface area contributed by atoms with Gasteiger partial charge in [-0.05, 0) is 46.0 Å². The van der Waals surface area contributed by atoms with E-state index in [0.29, 0.717) is 15.7 Å². The van der Waals surface area contributed by atoms with Crippen LogP contribution in [0.3, 0.4) is 0 Å². The van der Waals surface area contributed by atoms with Crippen LogP contribution in [0.15, 0.2) is 27.8 Å². The minimum absolute atomic E-state index is 0.0287. The summed E-state index contributed by atoms with van der Waals surface area (Å²) >= 11 is 3.26. The van der Waals surface area contributed by atoms with Crippen molar-refractivity contribution >= 4 is 27.5 Å². The normalized spacial score (nSPS) is 17.1. The first-order valence-corrected chi connectivity index (χ1v) is 8.74. The van der Waals surface area contributed by atoms with Crippen LogP contribution in [0.2, 0.25) is 0 Å². The lowest BCUT2D eigenvalue weighted by molar-refractivity contribution is -0.141. The Bertz CT molecular complexity index is 964. The maximum absolute atomic E-state index is 13.5. The molecular formula is C17H16BrF3N4O2. The Morgan fingerprint density at radius 2 is 2.04 bits per heavy atom. The molecule has 6 nitrogen and oxygen atoms in total. The van der Waals surface area contributed by atoms with E-state index in [4.69, 9.17) is 10.9 Å². The van der Waals surface area contributed by atoms with Crippen molar-refractivity contribution < 1.29 is 23.2 Å². The third-order valence-electron chi connectivity index (χ3n) is 4.39. The minimum Gasteiger partial charge on any atom is -0.409 e. The summed E-state index contributed by atoms with van der Waals surface area (Å²) in [6.07, 6.45) is -4.44. The van der Waals surface area contributed by atoms with Gasteiger partial charge in [-0.15, -0.1) is 0 Å². The van der Waals surface area contributed by atoms with Crippen LogP contribution in [0.1, 0.15) is 47.6 Å². The number of ketones is 1. The lowest BCUT2D eigenvalue weighted by Crippen LogP contribution is -2.29. The highest BCUT2D eigenvalue weighted by Crippen LogP contribution is 2.42. The zero-order valence-electron chi connectivity index (χ0n) is 14.4. The monoisotopic (exact) mass is 444 g/mol. The Balaban J connectivity index is 2.23. The van der Waals surface area contributed by atoms with Gasteiger partial charge in [0.25, 0.3) is 0 Å². The van der Waals surface area contributed by atoms with Gasteiger partial charge >= 0.3 is 6.18 Å². The van der Waals surface area contributed by atoms with Crippen LogP contribution in [0.4, 0.5) is 13.2 Å². The third kappa shape index (κ3) is 3.45. The second kappa shape index (κ2) is 6.36. The molecule has 0 aliphatic heterocycles. The summed E-state index contributed by atoms with van der Waals surface area (Å²) in [7, 11) is 0. The van der Waals surface area contributed by atoms with E-state index in [9.17, 15) is 18.0 Å². The van der Waals surface area contributed by atoms with Gasteiger partial charge < -0.3 is 10.9 Å². The standard InChI is InChI=1S/C17H16BrF3N4O2/c1-16(2)6-11-13(12(26)7-16)14(17(19,20)21)23-25(11)8-3-4-9(10(18)5-8)15(22)24-27/h3-5,27H,6-7H2,1-2H3,(H2,22,24). The molecule has 3 rings (SSSR count). The molecule has 0 spiro atoms. The van der Waals surface area contributed by atoms with E-state index >= 15 is 0 Å². The molecule has 1 aromatic heterocycles. The number of hydrogen-bond donors (Lipinski definition) is 2. The molecule has 0 fully saturated rings. The van der Waals surface area contributed by atoms with E-state index in [1.165, 1.54) is 18.2 Å². The summed E-state index contributed by atoms with van der Waals surface area (Å²) in [5.41, 5.74) is 4.48. The maximum atomic E-state index is 13.5. The van der Waals surface area contributed by atoms with Gasteiger partial charge in [0.2, 0.25) is 0 Å². The number of benzene rings is 1. The van der Waals surface area contributed by atoms with E-state index in [2.05, 4.69) is 26.2 Å². The summed E-state index contributed by atoms with van der Waals surface area (Å²) < 4.78 is 42.0. The summed E-state index contributed by atoms with van der Waals surface area (Å²) in [6, 6.07) is 4.50. The number of carbonyl (C=O) groups excluding carboxylic acids is 1. The number of fused-ring (bicyclic) bond motifs is 1. The number of Topliss-reactive ketones (excluding diaryl/α,β-unsaturated/α-hetero) is 1. The third-order valence-corrected chi connectivity index (χ3v) is 5.05. The Labute approximate surface area is 161 Å². The van der Waals surface area contributed by atoms with Crippen molar-refractivity contribution in [3.63, 3.8) is 0 Å². The number of carbonyl (C=O) groups is 1. The molecule has 1 aliphatic rings. The van der Waals surface area contributed by atoms with E-state index in [1.807, 2.05) is 13.8 Å². The van der Waals surface area contributed by atoms with Crippen LogP contribution in [0.5, 0.6) is 0 Å². The van der Waals surface area contributed by atoms with Gasteiger partial charge in [-0.25, -0.2) is 4.68 Å². The highest BCUT2D eigenvalue weighted by molar-refractivity contribution is 9.10. The minimum atomic E-state index is -4.74. The molecule has 0 bridgehead atoms. The Morgan fingerprint density at radius 3 is 2.59 bits per heavy atom. The van der Waals surface area contributed by atoms with Crippen molar-refractivity contribution in [2.45, 2.75) is 32.9 Å². The van der Waals surface area contributed by atoms with Crippen LogP contribution in [0.25, 0.3) is 5.69 Å². The van der Waals surface area contributed by atoms with Gasteiger partial charge in [0.1, 0.15) is 0 Å². The number of halogens is 4. The molecular weight excluding hydrogens is 429 g/mol. The van der Waals surface area contributed by atoms with Crippen molar-refractivity contribution in [3.8, 4) is 5.69 Å². The second-order valence-corrected chi connectivity index (χ2v) is 8.02. The summed E-state index contributed by atoms with van der Waals surface area (Å²) in [4.78, 5) is 12.4. The molecule has 144 valence electrons. The first-order valence-electron chi connectivity index (χ1n) is 7.95. The van der Waals surface area contributed by atoms with Crippen molar-refractivity contribution in [1.29, 1.82) is 0 Å². The van der Waals surface area contributed by atoms with E-state index in [0.717, 1.165) is 4.68 Å². The van der Waals surface area contributed by atoms with Gasteiger partial charge in [0.15, 0.2) is 17.3 Å². The Hall–Kier alpha value is -2.36. The van der Waals surface area contributed by atoms with Crippen LogP contribution < -0.4 is 5.73 Å². The van der Waals surface area contributed by atoms with Gasteiger partial charge in [-0.1, -0.05) is 19.0 Å². The number of alkyl halides is 3. The topological polar surface area (TPSA) is 93.5 Å². The molecule has 0 amide bonds. The van der Waals surface area contributed by atoms with Crippen LogP contribution >= 0.6 is 15.9 Å². The van der Waals surface area contributed by atoms with Crippen LogP contribution in [-0.4, -0.2) is 26.6 Å². The zero-order valence-corrected chi connectivity index (χ0v) is 16.0. The lowest BCUT2D eigenvalue weighted by Gasteiger charge is -2.29. The molecule has 0 radical (unpaired) electrons. The molecule has 0 saturated carbocycles. The molecule has 0 atom stereocenters. The molecule has 3 N–H and O–H groups in total. The number of nitrogens with two attached hydrogens (primary N) is 1. The number of nitrogens with zero attached hydrogens (tertiary/aromatic N) is 3. The predicted octanol–water partition coefficient (Wildman–Crippen LogP) is 3.90. The first-order chi connectivity index (χ1) is 12.4. The Kier molecular flexibility index (Phi) is 4.57. The van der Waals surface area contributed by atoms with Crippen molar-refractivity contribution in [2.75, 3.05) is 0 Å². The van der Waals surface area contributed by atoms with Crippen molar-refractivity contribution in [3.05, 3.63) is 45.2 Å². The summed E-state index contributed by atoms with van der Waals surface area (Å²) in [6.45, 7) is 3.66. The fourth-order valence-corrected chi connectivity index (χ4v) is 3.83. The molecule has 0 unspecified atom stereocenters. The van der Waals surface area contributed by atoms with Gasteiger partial charge in [-0.3, -0.25) is 4.79 Å². The SMILES string of the molecule is CC1(C)CC(=O)c2c(C(F)(F)F)nn(-c3ccc(C(N)=NO)c(Br)c3)c2C1. The fourth-order valence-electron chi connectivity index (χ4n) is 3.26. The van der Waals surface area contributed by atoms with Gasteiger partial charge in [0, 0.05) is 16.5 Å². The highest BCUT2D eigenvalue weighted by atomic mass is 79.9. The highest BCUT2D eigenvalue weighted by Gasteiger charge is 2.45. The average Bonchev–Trinajstić information content (AvgIpc) is 2.92. The van der Waals surface area contributed by atoms with E-state index < -0.39 is 23.1 Å². The summed E-state index contributed by atoms with van der Waals surface area (Å²) in [5.74, 6) is -0.713. The van der Waals surface area contributed by atoms with Gasteiger partial charge in [0.05, 0.1) is 16.9 Å². The molecule has 2 aromatic rings. The molecule has 10 heteroatoms. The number of amidine groups is 1. The first kappa shape index (κ1) is 19.4. The second-order valence-electron chi connectivity index (χ2n) is 7.17. The van der Waals surface area contributed by atoms with Crippen LogP contribution in [-0.2, 0) is 12.6 Å². The summed E-state index contributed by atoms with van der Waals surface area (Å²) in [5, 5.41) is 15.4. The average molecular weight is 445 g/mol. The molecule has 1 aromatic carbocycles. The number of rotatable bonds is 2. The Morgan fingerprint density at radius 1 is 1.37 bits per heavy atom. The molecule has 1 aliphatic carbocycles. The quantitative estimate of drug-likeness (QED) is 0.317. The van der Waals surface area contributed by atoms with Crippen molar-refractivity contribution in [2.24, 2.45) is 16.3 Å². The van der Waals surface area contributed by atoms with E-state index in [-0.39, 0.29) is 29.9 Å². The van der Waals surface area contributed by atoms with Crippen molar-refractivity contribution in [1.82, 2.24) is 9.78 Å². The zero-order chi connectivity index (χ0) is 20.1. The number of hydrogen-bond acceptors (Lipinski definition) is 4.